The number of nitrogens with one attached hydrogen (secondary N) is 2. The van der Waals surface area contributed by atoms with Crippen LogP contribution in [0, 0.1) is 10.1 Å². The number of nitrogens with zero attached hydrogens (tertiary/aromatic N) is 3. The molecule has 0 atom stereocenters. The Morgan fingerprint density at radius 1 is 1.29 bits per heavy atom. The molecule has 7 nitrogen and oxygen atoms in total. The number of benzene rings is 1. The summed E-state index contributed by atoms with van der Waals surface area (Å²) in [6.07, 6.45) is 5.34. The number of fused-ring (bicyclic) bond motifs is 1. The lowest BCUT2D eigenvalue weighted by atomic mass is 10.1. The molecule has 2 heterocycles. The van der Waals surface area contributed by atoms with Crippen LogP contribution in [-0.2, 0) is 6.42 Å². The third kappa shape index (κ3) is 2.66. The number of aromatic nitrogens is 3. The zero-order chi connectivity index (χ0) is 14.7. The van der Waals surface area contributed by atoms with Crippen molar-refractivity contribution in [1.82, 2.24) is 15.0 Å². The number of hydrogen-bond acceptors (Lipinski definition) is 5. The molecule has 0 saturated heterocycles. The van der Waals surface area contributed by atoms with Crippen molar-refractivity contribution in [2.24, 2.45) is 0 Å². The lowest BCUT2D eigenvalue weighted by Crippen LogP contribution is -2.08. The molecule has 21 heavy (non-hydrogen) atoms. The zero-order valence-electron chi connectivity index (χ0n) is 11.1. The van der Waals surface area contributed by atoms with Crippen LogP contribution < -0.4 is 5.32 Å². The van der Waals surface area contributed by atoms with Crippen molar-refractivity contribution in [2.75, 3.05) is 11.9 Å². The number of para-hydroxylation sites is 1. The largest absolute Gasteiger partial charge is 0.378 e. The number of rotatable bonds is 5. The van der Waals surface area contributed by atoms with Crippen molar-refractivity contribution in [3.05, 3.63) is 58.8 Å². The van der Waals surface area contributed by atoms with Gasteiger partial charge >= 0.3 is 5.69 Å². The van der Waals surface area contributed by atoms with Gasteiger partial charge in [-0.3, -0.25) is 10.1 Å². The summed E-state index contributed by atoms with van der Waals surface area (Å²) in [5.41, 5.74) is 2.19. The van der Waals surface area contributed by atoms with Crippen molar-refractivity contribution in [3.63, 3.8) is 0 Å². The normalized spacial score (nSPS) is 10.7. The molecule has 0 aliphatic rings. The van der Waals surface area contributed by atoms with Gasteiger partial charge in [-0.1, -0.05) is 18.2 Å². The summed E-state index contributed by atoms with van der Waals surface area (Å²) >= 11 is 0. The van der Waals surface area contributed by atoms with E-state index >= 15 is 0 Å². The standard InChI is InChI=1S/C14H13N5O2/c20-19(21)13-8-17-12-4-2-1-3-11(12)14(13)16-6-5-10-7-15-9-18-10/h1-4,7-9H,5-6H2,(H,15,18)(H,16,17). The van der Waals surface area contributed by atoms with Gasteiger partial charge in [0.25, 0.3) is 0 Å². The lowest BCUT2D eigenvalue weighted by Gasteiger charge is -2.09. The monoisotopic (exact) mass is 283 g/mol. The van der Waals surface area contributed by atoms with Gasteiger partial charge < -0.3 is 10.3 Å². The van der Waals surface area contributed by atoms with Crippen molar-refractivity contribution in [3.8, 4) is 0 Å². The first kappa shape index (κ1) is 13.0. The minimum absolute atomic E-state index is 0.0155. The van der Waals surface area contributed by atoms with Crippen molar-refractivity contribution >= 4 is 22.3 Å². The molecule has 0 spiro atoms. The van der Waals surface area contributed by atoms with Crippen LogP contribution in [0.4, 0.5) is 11.4 Å². The molecule has 0 saturated carbocycles. The Balaban J connectivity index is 1.90. The molecule has 7 heteroatoms. The Morgan fingerprint density at radius 2 is 2.14 bits per heavy atom. The van der Waals surface area contributed by atoms with E-state index in [-0.39, 0.29) is 5.69 Å². The van der Waals surface area contributed by atoms with E-state index in [0.29, 0.717) is 18.7 Å². The second-order valence-corrected chi connectivity index (χ2v) is 4.55. The van der Waals surface area contributed by atoms with Crippen LogP contribution >= 0.6 is 0 Å². The van der Waals surface area contributed by atoms with Crippen LogP contribution in [0.1, 0.15) is 5.69 Å². The second-order valence-electron chi connectivity index (χ2n) is 4.55. The summed E-state index contributed by atoms with van der Waals surface area (Å²) < 4.78 is 0. The topological polar surface area (TPSA) is 96.7 Å². The molecular weight excluding hydrogens is 270 g/mol. The first-order chi connectivity index (χ1) is 10.3. The van der Waals surface area contributed by atoms with Gasteiger partial charge in [0.1, 0.15) is 11.9 Å². The molecule has 0 bridgehead atoms. The molecule has 0 aliphatic carbocycles. The number of pyridine rings is 1. The maximum atomic E-state index is 11.2. The van der Waals surface area contributed by atoms with Crippen LogP contribution in [0.3, 0.4) is 0 Å². The summed E-state index contributed by atoms with van der Waals surface area (Å²) in [6.45, 7) is 0.567. The minimum atomic E-state index is -0.419. The van der Waals surface area contributed by atoms with Gasteiger partial charge in [-0.05, 0) is 6.07 Å². The van der Waals surface area contributed by atoms with Crippen LogP contribution in [0.2, 0.25) is 0 Å². The molecule has 0 amide bonds. The van der Waals surface area contributed by atoms with Gasteiger partial charge in [0.15, 0.2) is 0 Å². The fraction of sp³-hybridized carbons (Fsp3) is 0.143. The molecule has 0 aliphatic heterocycles. The van der Waals surface area contributed by atoms with Crippen LogP contribution in [0.15, 0.2) is 43.0 Å². The van der Waals surface area contributed by atoms with Gasteiger partial charge in [0.2, 0.25) is 0 Å². The Kier molecular flexibility index (Phi) is 3.46. The summed E-state index contributed by atoms with van der Waals surface area (Å²) in [7, 11) is 0. The Labute approximate surface area is 120 Å². The molecule has 106 valence electrons. The molecule has 0 fully saturated rings. The molecule has 0 unspecified atom stereocenters. The number of hydrogen-bond donors (Lipinski definition) is 2. The minimum Gasteiger partial charge on any atom is -0.378 e. The maximum Gasteiger partial charge on any atom is 0.311 e. The molecule has 2 N–H and O–H groups in total. The number of imidazole rings is 1. The van der Waals surface area contributed by atoms with Crippen molar-refractivity contribution in [1.29, 1.82) is 0 Å². The van der Waals surface area contributed by atoms with Gasteiger partial charge in [-0.25, -0.2) is 9.97 Å². The number of H-pyrrole nitrogens is 1. The SMILES string of the molecule is O=[N+]([O-])c1cnc2ccccc2c1NCCc1cnc[nH]1. The Hall–Kier alpha value is -2.96. The van der Waals surface area contributed by atoms with E-state index in [1.807, 2.05) is 24.3 Å². The Bertz CT molecular complexity index is 770. The number of nitro groups is 1. The summed E-state index contributed by atoms with van der Waals surface area (Å²) in [5, 5.41) is 15.1. The predicted molar refractivity (Wildman–Crippen MR) is 79.2 cm³/mol. The Morgan fingerprint density at radius 3 is 2.90 bits per heavy atom. The van der Waals surface area contributed by atoms with Gasteiger partial charge in [0.05, 0.1) is 16.8 Å². The first-order valence-corrected chi connectivity index (χ1v) is 6.49. The summed E-state index contributed by atoms with van der Waals surface area (Å²) in [4.78, 5) is 21.8. The molecule has 3 rings (SSSR count). The van der Waals surface area contributed by atoms with E-state index in [1.54, 1.807) is 12.5 Å². The van der Waals surface area contributed by atoms with E-state index in [4.69, 9.17) is 0 Å². The molecule has 0 radical (unpaired) electrons. The number of anilines is 1. The maximum absolute atomic E-state index is 11.2. The van der Waals surface area contributed by atoms with E-state index in [0.717, 1.165) is 16.6 Å². The van der Waals surface area contributed by atoms with Crippen molar-refractivity contribution < 1.29 is 4.92 Å². The quantitative estimate of drug-likeness (QED) is 0.554. The first-order valence-electron chi connectivity index (χ1n) is 6.49. The predicted octanol–water partition coefficient (Wildman–Crippen LogP) is 2.52. The average molecular weight is 283 g/mol. The molecular formula is C14H13N5O2. The smallest absolute Gasteiger partial charge is 0.311 e. The van der Waals surface area contributed by atoms with Crippen LogP contribution in [0.25, 0.3) is 10.9 Å². The van der Waals surface area contributed by atoms with E-state index in [9.17, 15) is 10.1 Å². The highest BCUT2D eigenvalue weighted by molar-refractivity contribution is 5.95. The second kappa shape index (κ2) is 5.58. The van der Waals surface area contributed by atoms with Gasteiger partial charge in [-0.2, -0.15) is 0 Å². The fourth-order valence-corrected chi connectivity index (χ4v) is 2.20. The number of aromatic amines is 1. The third-order valence-corrected chi connectivity index (χ3v) is 3.20. The lowest BCUT2D eigenvalue weighted by molar-refractivity contribution is -0.384. The average Bonchev–Trinajstić information content (AvgIpc) is 3.00. The van der Waals surface area contributed by atoms with Crippen LogP contribution in [-0.4, -0.2) is 26.4 Å². The van der Waals surface area contributed by atoms with Crippen molar-refractivity contribution in [2.45, 2.75) is 6.42 Å². The third-order valence-electron chi connectivity index (χ3n) is 3.20. The fourth-order valence-electron chi connectivity index (χ4n) is 2.20. The van der Waals surface area contributed by atoms with E-state index in [1.165, 1.54) is 6.20 Å². The van der Waals surface area contributed by atoms with E-state index < -0.39 is 4.92 Å². The zero-order valence-corrected chi connectivity index (χ0v) is 11.1. The molecule has 3 aromatic rings. The highest BCUT2D eigenvalue weighted by Gasteiger charge is 2.17. The van der Waals surface area contributed by atoms with Crippen LogP contribution in [0.5, 0.6) is 0 Å². The summed E-state index contributed by atoms with van der Waals surface area (Å²) in [5.74, 6) is 0. The van der Waals surface area contributed by atoms with E-state index in [2.05, 4.69) is 20.3 Å². The highest BCUT2D eigenvalue weighted by Crippen LogP contribution is 2.31. The summed E-state index contributed by atoms with van der Waals surface area (Å²) in [6, 6.07) is 7.36. The molecule has 1 aromatic carbocycles. The molecule has 2 aromatic heterocycles. The van der Waals surface area contributed by atoms with Gasteiger partial charge in [-0.15, -0.1) is 0 Å². The highest BCUT2D eigenvalue weighted by atomic mass is 16.6. The van der Waals surface area contributed by atoms with Gasteiger partial charge in [0, 0.05) is 30.2 Å².